The molecule has 0 spiro atoms. The molecule has 2 nitrogen and oxygen atoms in total. The monoisotopic (exact) mass is 290 g/mol. The summed E-state index contributed by atoms with van der Waals surface area (Å²) < 4.78 is 0. The Kier molecular flexibility index (Phi) is 9.88. The Morgan fingerprint density at radius 1 is 1.40 bits per heavy atom. The first-order valence-corrected chi connectivity index (χ1v) is 1.17. The standard InChI is InChI=1S/BClH2O2.Pb.2H/c2-1(3)4;;;/h3-4H;;;. The normalized spacial score (nSPS) is 5.40. The first-order chi connectivity index (χ1) is 1.73. The van der Waals surface area contributed by atoms with Crippen molar-refractivity contribution >= 4 is 45.3 Å². The molecule has 0 amide bonds. The van der Waals surface area contributed by atoms with Gasteiger partial charge in [-0.1, -0.05) is 0 Å². The Labute approximate surface area is 55.4 Å². The molecule has 0 aliphatic heterocycles. The van der Waals surface area contributed by atoms with Crippen molar-refractivity contribution in [3.8, 4) is 0 Å². The Hall–Kier alpha value is 1.20. The average molecular weight is 289 g/mol. The minimum atomic E-state index is -1.69. The molecule has 0 aliphatic carbocycles. The fraction of sp³-hybridized carbons (Fsp3) is 0. The van der Waals surface area contributed by atoms with E-state index in [1.807, 2.05) is 0 Å². The van der Waals surface area contributed by atoms with Crippen LogP contribution in [0.1, 0.15) is 0 Å². The van der Waals surface area contributed by atoms with Crippen LogP contribution >= 0.6 is 11.5 Å². The Morgan fingerprint density at radius 3 is 1.40 bits per heavy atom. The van der Waals surface area contributed by atoms with Crippen LogP contribution in [0.4, 0.5) is 0 Å². The fourth-order valence-corrected chi connectivity index (χ4v) is 0. The molecule has 5 heavy (non-hydrogen) atoms. The molecule has 5 heteroatoms. The van der Waals surface area contributed by atoms with E-state index in [9.17, 15) is 0 Å². The van der Waals surface area contributed by atoms with Crippen LogP contribution in [-0.2, 0) is 0 Å². The van der Waals surface area contributed by atoms with Crippen LogP contribution in [0.3, 0.4) is 0 Å². The molecule has 2 radical (unpaired) electrons. The molecule has 0 saturated heterocycles. The summed E-state index contributed by atoms with van der Waals surface area (Å²) in [5, 5.41) is 14.8. The molecule has 0 rings (SSSR count). The maximum atomic E-state index is 7.38. The van der Waals surface area contributed by atoms with Gasteiger partial charge in [-0.05, 0) is 0 Å². The molecular formula is H4BClO2Pb. The van der Waals surface area contributed by atoms with Crippen LogP contribution in [0.5, 0.6) is 0 Å². The third-order valence-electron chi connectivity index (χ3n) is 0. The quantitative estimate of drug-likeness (QED) is 0.521. The molecule has 0 fully saturated rings. The third-order valence-corrected chi connectivity index (χ3v) is 0. The van der Waals surface area contributed by atoms with Gasteiger partial charge in [-0.3, -0.25) is 0 Å². The number of hydrogen-bond donors (Lipinski definition) is 2. The molecule has 0 aliphatic rings. The molecule has 0 aromatic heterocycles. The molecule has 2 N–H and O–H groups in total. The van der Waals surface area contributed by atoms with Crippen LogP contribution in [0.15, 0.2) is 0 Å². The van der Waals surface area contributed by atoms with Crippen molar-refractivity contribution in [1.29, 1.82) is 0 Å². The van der Waals surface area contributed by atoms with Gasteiger partial charge in [0.15, 0.2) is 0 Å². The summed E-state index contributed by atoms with van der Waals surface area (Å²) >= 11 is 4.39. The van der Waals surface area contributed by atoms with Crippen molar-refractivity contribution in [2.75, 3.05) is 0 Å². The van der Waals surface area contributed by atoms with Crippen molar-refractivity contribution in [2.45, 2.75) is 0 Å². The Bertz CT molecular complexity index is 14.4. The van der Waals surface area contributed by atoms with E-state index >= 15 is 0 Å². The maximum absolute atomic E-state index is 7.38. The number of halogens is 1. The summed E-state index contributed by atoms with van der Waals surface area (Å²) in [5.41, 5.74) is 0. The van der Waals surface area contributed by atoms with Crippen molar-refractivity contribution in [3.63, 3.8) is 0 Å². The zero-order valence-corrected chi connectivity index (χ0v) is 8.81. The molecule has 0 saturated carbocycles. The molecule has 0 atom stereocenters. The Morgan fingerprint density at radius 2 is 1.40 bits per heavy atom. The van der Waals surface area contributed by atoms with Gasteiger partial charge in [0.05, 0.1) is 0 Å². The van der Waals surface area contributed by atoms with E-state index in [0.717, 1.165) is 0 Å². The van der Waals surface area contributed by atoms with Gasteiger partial charge in [-0.25, -0.2) is 0 Å². The minimum absolute atomic E-state index is 0. The number of hydrogen-bond acceptors (Lipinski definition) is 2. The van der Waals surface area contributed by atoms with E-state index in [-0.39, 0.29) is 27.3 Å². The summed E-state index contributed by atoms with van der Waals surface area (Å²) in [5.74, 6) is 0. The molecule has 0 bridgehead atoms. The summed E-state index contributed by atoms with van der Waals surface area (Å²) in [6.07, 6.45) is 0. The zero-order valence-electron chi connectivity index (χ0n) is 2.56. The predicted octanol–water partition coefficient (Wildman–Crippen LogP) is -1.72. The van der Waals surface area contributed by atoms with Crippen LogP contribution in [0.2, 0.25) is 0 Å². The van der Waals surface area contributed by atoms with Crippen molar-refractivity contribution < 1.29 is 10.0 Å². The van der Waals surface area contributed by atoms with Crippen LogP contribution in [0, 0.1) is 0 Å². The van der Waals surface area contributed by atoms with E-state index < -0.39 is 6.53 Å². The molecule has 0 aromatic carbocycles. The second-order valence-corrected chi connectivity index (χ2v) is 0.701. The van der Waals surface area contributed by atoms with Crippen LogP contribution < -0.4 is 0 Å². The average Bonchev–Trinajstić information content (AvgIpc) is 0.811. The first kappa shape index (κ1) is 9.50. The van der Waals surface area contributed by atoms with E-state index in [1.165, 1.54) is 0 Å². The van der Waals surface area contributed by atoms with Gasteiger partial charge < -0.3 is 10.0 Å². The second-order valence-electron chi connectivity index (χ2n) is 0.311. The summed E-state index contributed by atoms with van der Waals surface area (Å²) in [6.45, 7) is -1.69. The molecule has 0 heterocycles. The second kappa shape index (κ2) is 5.20. The first-order valence-electron chi connectivity index (χ1n) is 0.735. The SMILES string of the molecule is OB(O)Cl.[PbH2]. The number of rotatable bonds is 0. The van der Waals surface area contributed by atoms with Gasteiger partial charge >= 0.3 is 33.8 Å². The van der Waals surface area contributed by atoms with Gasteiger partial charge in [0.2, 0.25) is 0 Å². The third kappa shape index (κ3) is 37.1. The van der Waals surface area contributed by atoms with Gasteiger partial charge in [0.1, 0.15) is 0 Å². The van der Waals surface area contributed by atoms with Gasteiger partial charge in [-0.15, -0.1) is 11.5 Å². The van der Waals surface area contributed by atoms with Crippen LogP contribution in [0.25, 0.3) is 0 Å². The molecule has 0 unspecified atom stereocenters. The van der Waals surface area contributed by atoms with Gasteiger partial charge in [0, 0.05) is 0 Å². The van der Waals surface area contributed by atoms with Crippen molar-refractivity contribution in [1.82, 2.24) is 0 Å². The fourth-order valence-electron chi connectivity index (χ4n) is 0. The topological polar surface area (TPSA) is 40.5 Å². The Balaban J connectivity index is 0. The van der Waals surface area contributed by atoms with Crippen molar-refractivity contribution in [3.05, 3.63) is 0 Å². The van der Waals surface area contributed by atoms with Crippen molar-refractivity contribution in [2.24, 2.45) is 0 Å². The van der Waals surface area contributed by atoms with E-state index in [1.54, 1.807) is 0 Å². The molecule has 30 valence electrons. The zero-order chi connectivity index (χ0) is 3.58. The summed E-state index contributed by atoms with van der Waals surface area (Å²) in [6, 6.07) is 0. The van der Waals surface area contributed by atoms with Crippen LogP contribution in [-0.4, -0.2) is 43.9 Å². The van der Waals surface area contributed by atoms with Gasteiger partial charge in [0.25, 0.3) is 0 Å². The van der Waals surface area contributed by atoms with E-state index in [2.05, 4.69) is 11.5 Å². The van der Waals surface area contributed by atoms with E-state index in [4.69, 9.17) is 10.0 Å². The summed E-state index contributed by atoms with van der Waals surface area (Å²) in [4.78, 5) is 0. The summed E-state index contributed by atoms with van der Waals surface area (Å²) in [7, 11) is 0. The predicted molar refractivity (Wildman–Crippen MR) is 24.6 cm³/mol. The van der Waals surface area contributed by atoms with E-state index in [0.29, 0.717) is 0 Å². The van der Waals surface area contributed by atoms with Gasteiger partial charge in [-0.2, -0.15) is 0 Å². The molecule has 0 aromatic rings. The molecular weight excluding hydrogens is 285 g/mol.